The van der Waals surface area contributed by atoms with Gasteiger partial charge in [0.15, 0.2) is 0 Å². The number of azide groups is 2. The molecule has 0 atom stereocenters. The van der Waals surface area contributed by atoms with Crippen molar-refractivity contribution in [3.05, 3.63) is 105 Å². The topological polar surface area (TPSA) is 139 Å². The van der Waals surface area contributed by atoms with Crippen LogP contribution in [0.3, 0.4) is 0 Å². The van der Waals surface area contributed by atoms with E-state index in [9.17, 15) is 0 Å². The first kappa shape index (κ1) is 21.3. The number of benzene rings is 3. The van der Waals surface area contributed by atoms with E-state index in [-0.39, 0.29) is 0 Å². The van der Waals surface area contributed by atoms with E-state index in [4.69, 9.17) is 16.8 Å². The summed E-state index contributed by atoms with van der Waals surface area (Å²) in [7, 11) is 0. The summed E-state index contributed by atoms with van der Waals surface area (Å²) in [6.07, 6.45) is 0. The Hall–Kier alpha value is -4.45. The highest BCUT2D eigenvalue weighted by Gasteiger charge is 2.12. The monoisotopic (exact) mass is 411 g/mol. The first-order valence-electron chi connectivity index (χ1n) is 9.51. The Morgan fingerprint density at radius 1 is 0.742 bits per heavy atom. The number of hydrogen-bond donors (Lipinski definition) is 1. The summed E-state index contributed by atoms with van der Waals surface area (Å²) in [6, 6.07) is 23.4. The fourth-order valence-corrected chi connectivity index (χ4v) is 3.05. The van der Waals surface area contributed by atoms with Crippen molar-refractivity contribution >= 4 is 28.6 Å². The molecule has 3 aromatic carbocycles. The molecular formula is C22H21N9. The number of nitrogens with zero attached hydrogens (tertiary/aromatic N) is 8. The van der Waals surface area contributed by atoms with E-state index in [0.717, 1.165) is 33.9 Å². The molecular weight excluding hydrogens is 390 g/mol. The molecule has 0 aliphatic heterocycles. The second kappa shape index (κ2) is 10.4. The maximum atomic E-state index is 8.53. The number of rotatable bonds is 8. The van der Waals surface area contributed by atoms with Gasteiger partial charge in [-0.25, -0.2) is 4.99 Å². The van der Waals surface area contributed by atoms with Crippen LogP contribution in [0.2, 0.25) is 0 Å². The van der Waals surface area contributed by atoms with Gasteiger partial charge in [-0.05, 0) is 77.6 Å². The lowest BCUT2D eigenvalue weighted by Crippen LogP contribution is -2.10. The Bertz CT molecular complexity index is 1070. The van der Waals surface area contributed by atoms with Gasteiger partial charge in [0, 0.05) is 26.9 Å². The predicted octanol–water partition coefficient (Wildman–Crippen LogP) is 6.79. The highest BCUT2D eigenvalue weighted by molar-refractivity contribution is 5.81. The average Bonchev–Trinajstić information content (AvgIpc) is 2.79. The van der Waals surface area contributed by atoms with Crippen molar-refractivity contribution in [1.82, 2.24) is 0 Å². The fraction of sp³-hybridized carbons (Fsp3) is 0.136. The van der Waals surface area contributed by atoms with Gasteiger partial charge in [0.05, 0.1) is 24.6 Å². The van der Waals surface area contributed by atoms with Crippen LogP contribution < -0.4 is 10.6 Å². The van der Waals surface area contributed by atoms with E-state index >= 15 is 0 Å². The predicted molar refractivity (Wildman–Crippen MR) is 124 cm³/mol. The molecule has 0 amide bonds. The normalized spacial score (nSPS) is 10.7. The number of anilines is 3. The Morgan fingerprint density at radius 2 is 1.13 bits per heavy atom. The molecule has 0 aromatic heterocycles. The van der Waals surface area contributed by atoms with Gasteiger partial charge in [0.1, 0.15) is 0 Å². The Balaban J connectivity index is 2.00. The molecule has 0 saturated heterocycles. The zero-order valence-electron chi connectivity index (χ0n) is 17.0. The van der Waals surface area contributed by atoms with Gasteiger partial charge in [-0.2, -0.15) is 0 Å². The van der Waals surface area contributed by atoms with Crippen molar-refractivity contribution in [1.29, 1.82) is 0 Å². The summed E-state index contributed by atoms with van der Waals surface area (Å²) < 4.78 is 0. The van der Waals surface area contributed by atoms with Gasteiger partial charge in [-0.1, -0.05) is 34.5 Å². The molecule has 0 heterocycles. The van der Waals surface area contributed by atoms with Crippen molar-refractivity contribution < 1.29 is 0 Å². The minimum Gasteiger partial charge on any atom is -0.387 e. The van der Waals surface area contributed by atoms with Gasteiger partial charge in [-0.3, -0.25) is 0 Å². The summed E-state index contributed by atoms with van der Waals surface area (Å²) in [5.41, 5.74) is 28.2. The summed E-state index contributed by atoms with van der Waals surface area (Å²) in [6.45, 7) is 2.35. The minimum absolute atomic E-state index is 0.302. The van der Waals surface area contributed by atoms with E-state index in [1.165, 1.54) is 0 Å². The molecule has 0 spiro atoms. The third kappa shape index (κ3) is 5.77. The van der Waals surface area contributed by atoms with Gasteiger partial charge in [-0.15, -0.1) is 0 Å². The lowest BCUT2D eigenvalue weighted by Gasteiger charge is -2.26. The molecule has 9 heteroatoms. The first-order valence-corrected chi connectivity index (χ1v) is 9.51. The molecule has 0 saturated carbocycles. The highest BCUT2D eigenvalue weighted by Crippen LogP contribution is 2.35. The number of aliphatic imine (C=N–C) groups is 1. The third-order valence-electron chi connectivity index (χ3n) is 4.44. The van der Waals surface area contributed by atoms with Crippen molar-refractivity contribution in [3.8, 4) is 0 Å². The van der Waals surface area contributed by atoms with Gasteiger partial charge >= 0.3 is 0 Å². The maximum Gasteiger partial charge on any atom is 0.0964 e. The molecule has 0 bridgehead atoms. The van der Waals surface area contributed by atoms with E-state index in [1.807, 2.05) is 72.8 Å². The zero-order valence-corrected chi connectivity index (χ0v) is 17.0. The van der Waals surface area contributed by atoms with Crippen LogP contribution in [0.15, 0.2) is 88.0 Å². The third-order valence-corrected chi connectivity index (χ3v) is 4.44. The van der Waals surface area contributed by atoms with Crippen LogP contribution in [-0.2, 0) is 13.1 Å². The van der Waals surface area contributed by atoms with Crippen LogP contribution in [0.4, 0.5) is 22.7 Å². The summed E-state index contributed by atoms with van der Waals surface area (Å²) in [4.78, 5) is 12.0. The van der Waals surface area contributed by atoms with Gasteiger partial charge in [0.2, 0.25) is 0 Å². The SMILES string of the molecule is CC(N)=Nc1ccc(N(c2ccc(CN=[N+]=[N-])cc2)c2ccc(CN=[N+]=[N-])cc2)cc1. The van der Waals surface area contributed by atoms with Crippen LogP contribution in [-0.4, -0.2) is 5.84 Å². The Kier molecular flexibility index (Phi) is 7.11. The molecule has 0 unspecified atom stereocenters. The van der Waals surface area contributed by atoms with Crippen molar-refractivity contribution in [2.45, 2.75) is 20.0 Å². The average molecular weight is 411 g/mol. The molecule has 3 aromatic rings. The van der Waals surface area contributed by atoms with E-state index in [2.05, 4.69) is 29.9 Å². The molecule has 0 aliphatic carbocycles. The van der Waals surface area contributed by atoms with Crippen LogP contribution >= 0.6 is 0 Å². The van der Waals surface area contributed by atoms with E-state index in [0.29, 0.717) is 18.9 Å². The summed E-state index contributed by atoms with van der Waals surface area (Å²) in [5.74, 6) is 0.496. The smallest absolute Gasteiger partial charge is 0.0964 e. The van der Waals surface area contributed by atoms with Crippen molar-refractivity contribution in [2.75, 3.05) is 4.90 Å². The maximum absolute atomic E-state index is 8.53. The zero-order chi connectivity index (χ0) is 22.1. The molecule has 0 aliphatic rings. The lowest BCUT2D eigenvalue weighted by atomic mass is 10.1. The number of hydrogen-bond acceptors (Lipinski definition) is 4. The van der Waals surface area contributed by atoms with Crippen molar-refractivity contribution in [2.24, 2.45) is 21.0 Å². The minimum atomic E-state index is 0.302. The molecule has 2 N–H and O–H groups in total. The van der Waals surface area contributed by atoms with Crippen LogP contribution in [0.25, 0.3) is 20.9 Å². The lowest BCUT2D eigenvalue weighted by molar-refractivity contribution is 1.04. The molecule has 154 valence electrons. The number of amidine groups is 1. The number of nitrogens with two attached hydrogens (primary N) is 1. The summed E-state index contributed by atoms with van der Waals surface area (Å²) in [5, 5.41) is 7.22. The largest absolute Gasteiger partial charge is 0.387 e. The van der Waals surface area contributed by atoms with Crippen molar-refractivity contribution in [3.63, 3.8) is 0 Å². The van der Waals surface area contributed by atoms with Gasteiger partial charge in [0.25, 0.3) is 0 Å². The van der Waals surface area contributed by atoms with Crippen LogP contribution in [0.1, 0.15) is 18.1 Å². The quantitative estimate of drug-likeness (QED) is 0.143. The fourth-order valence-electron chi connectivity index (χ4n) is 3.05. The van der Waals surface area contributed by atoms with Crippen LogP contribution in [0.5, 0.6) is 0 Å². The highest BCUT2D eigenvalue weighted by atomic mass is 15.1. The second-order valence-corrected chi connectivity index (χ2v) is 6.72. The molecule has 9 nitrogen and oxygen atoms in total. The van der Waals surface area contributed by atoms with E-state index < -0.39 is 0 Å². The Morgan fingerprint density at radius 3 is 1.48 bits per heavy atom. The molecule has 0 fully saturated rings. The molecule has 3 rings (SSSR count). The first-order chi connectivity index (χ1) is 15.1. The molecule has 31 heavy (non-hydrogen) atoms. The molecule has 0 radical (unpaired) electrons. The standard InChI is InChI=1S/C22H21N9/c1-16(23)28-19-6-12-22(13-7-19)31(20-8-2-17(3-9-20)14-26-29-24)21-10-4-18(5-11-21)15-27-30-25/h2-13H,14-15H2,1H3,(H2,23,28). The Labute approximate surface area is 179 Å². The van der Waals surface area contributed by atoms with Gasteiger partial charge < -0.3 is 10.6 Å². The van der Waals surface area contributed by atoms with Crippen LogP contribution in [0, 0.1) is 0 Å². The van der Waals surface area contributed by atoms with E-state index in [1.54, 1.807) is 6.92 Å². The summed E-state index contributed by atoms with van der Waals surface area (Å²) >= 11 is 0. The second-order valence-electron chi connectivity index (χ2n) is 6.72.